The number of thioether (sulfide) groups is 1. The van der Waals surface area contributed by atoms with Gasteiger partial charge in [0.05, 0.1) is 16.5 Å². The van der Waals surface area contributed by atoms with Crippen molar-refractivity contribution < 1.29 is 23.9 Å². The van der Waals surface area contributed by atoms with E-state index in [-0.39, 0.29) is 41.1 Å². The minimum atomic E-state index is -0.498. The number of carbonyl (C=O) groups is 4. The molecule has 0 radical (unpaired) electrons. The van der Waals surface area contributed by atoms with Crippen molar-refractivity contribution in [3.8, 4) is 5.75 Å². The minimum Gasteiger partial charge on any atom is -0.484 e. The van der Waals surface area contributed by atoms with Crippen molar-refractivity contribution in [2.75, 3.05) is 17.2 Å². The predicted molar refractivity (Wildman–Crippen MR) is 151 cm³/mol. The molecule has 5 rings (SSSR count). The highest BCUT2D eigenvalue weighted by Crippen LogP contribution is 2.33. The Labute approximate surface area is 229 Å². The van der Waals surface area contributed by atoms with Gasteiger partial charge in [0.2, 0.25) is 5.91 Å². The van der Waals surface area contributed by atoms with Crippen LogP contribution >= 0.6 is 11.8 Å². The first-order valence-electron chi connectivity index (χ1n) is 12.3. The van der Waals surface area contributed by atoms with Gasteiger partial charge in [-0.05, 0) is 49.4 Å². The molecule has 0 spiro atoms. The van der Waals surface area contributed by atoms with Gasteiger partial charge in [0.15, 0.2) is 18.2 Å². The molecule has 4 aromatic rings. The van der Waals surface area contributed by atoms with Gasteiger partial charge in [0.25, 0.3) is 5.91 Å². The topological polar surface area (TPSA) is 102 Å². The lowest BCUT2D eigenvalue weighted by Crippen LogP contribution is -2.27. The normalized spacial score (nSPS) is 12.6. The average Bonchev–Trinajstić information content (AvgIpc) is 2.96. The van der Waals surface area contributed by atoms with Crippen LogP contribution in [0.3, 0.4) is 0 Å². The molecule has 1 aliphatic rings. The minimum absolute atomic E-state index is 0.111. The Morgan fingerprint density at radius 1 is 0.744 bits per heavy atom. The summed E-state index contributed by atoms with van der Waals surface area (Å²) in [6.07, 6.45) is 0. The zero-order valence-electron chi connectivity index (χ0n) is 21.0. The lowest BCUT2D eigenvalue weighted by atomic mass is 9.83. The number of ketones is 2. The number of fused-ring (bicyclic) bond motifs is 2. The summed E-state index contributed by atoms with van der Waals surface area (Å²) < 4.78 is 5.46. The summed E-state index contributed by atoms with van der Waals surface area (Å²) >= 11 is 1.33. The molecule has 1 atom stereocenters. The monoisotopic (exact) mass is 536 g/mol. The molecule has 39 heavy (non-hydrogen) atoms. The van der Waals surface area contributed by atoms with Crippen LogP contribution in [-0.4, -0.2) is 35.2 Å². The quantitative estimate of drug-likeness (QED) is 0.251. The van der Waals surface area contributed by atoms with Gasteiger partial charge in [-0.2, -0.15) is 0 Å². The van der Waals surface area contributed by atoms with E-state index in [1.807, 2.05) is 30.3 Å². The van der Waals surface area contributed by atoms with Crippen LogP contribution in [0.4, 0.5) is 11.4 Å². The van der Waals surface area contributed by atoms with Crippen molar-refractivity contribution in [2.45, 2.75) is 17.1 Å². The largest absolute Gasteiger partial charge is 0.484 e. The third-order valence-corrected chi connectivity index (χ3v) is 7.26. The van der Waals surface area contributed by atoms with E-state index in [1.54, 1.807) is 73.7 Å². The number of rotatable bonds is 8. The van der Waals surface area contributed by atoms with Crippen LogP contribution in [0.5, 0.6) is 5.75 Å². The molecule has 8 heteroatoms. The first-order valence-corrected chi connectivity index (χ1v) is 13.2. The van der Waals surface area contributed by atoms with Crippen LogP contribution < -0.4 is 15.4 Å². The number of amides is 2. The van der Waals surface area contributed by atoms with Gasteiger partial charge in [0.1, 0.15) is 5.75 Å². The van der Waals surface area contributed by atoms with Crippen LogP contribution in [0.1, 0.15) is 38.8 Å². The molecule has 0 heterocycles. The first-order chi connectivity index (χ1) is 18.9. The van der Waals surface area contributed by atoms with Crippen molar-refractivity contribution in [3.05, 3.63) is 119 Å². The molecule has 1 unspecified atom stereocenters. The van der Waals surface area contributed by atoms with E-state index in [4.69, 9.17) is 4.74 Å². The Kier molecular flexibility index (Phi) is 7.56. The van der Waals surface area contributed by atoms with E-state index in [9.17, 15) is 19.2 Å². The molecule has 0 bridgehead atoms. The van der Waals surface area contributed by atoms with Crippen molar-refractivity contribution in [1.82, 2.24) is 0 Å². The van der Waals surface area contributed by atoms with Crippen molar-refractivity contribution in [2.24, 2.45) is 0 Å². The van der Waals surface area contributed by atoms with Crippen LogP contribution in [0, 0.1) is 0 Å². The highest BCUT2D eigenvalue weighted by Gasteiger charge is 2.32. The maximum Gasteiger partial charge on any atom is 0.262 e. The number of nitrogens with one attached hydrogen (secondary N) is 2. The van der Waals surface area contributed by atoms with Gasteiger partial charge in [-0.1, -0.05) is 54.6 Å². The van der Waals surface area contributed by atoms with E-state index in [0.717, 1.165) is 4.90 Å². The van der Waals surface area contributed by atoms with Gasteiger partial charge in [0, 0.05) is 27.3 Å². The van der Waals surface area contributed by atoms with Gasteiger partial charge >= 0.3 is 0 Å². The summed E-state index contributed by atoms with van der Waals surface area (Å²) in [4.78, 5) is 52.2. The predicted octanol–water partition coefficient (Wildman–Crippen LogP) is 5.60. The first kappa shape index (κ1) is 25.9. The molecule has 0 fully saturated rings. The van der Waals surface area contributed by atoms with Crippen LogP contribution in [0.15, 0.2) is 102 Å². The van der Waals surface area contributed by atoms with Crippen LogP contribution in [-0.2, 0) is 9.59 Å². The molecule has 7 nitrogen and oxygen atoms in total. The lowest BCUT2D eigenvalue weighted by molar-refractivity contribution is -0.118. The summed E-state index contributed by atoms with van der Waals surface area (Å²) in [5.74, 6) is -0.499. The second-order valence-electron chi connectivity index (χ2n) is 8.86. The highest BCUT2D eigenvalue weighted by atomic mass is 32.2. The number of benzene rings is 4. The third-order valence-electron chi connectivity index (χ3n) is 6.14. The summed E-state index contributed by atoms with van der Waals surface area (Å²) in [5.41, 5.74) is 2.11. The molecule has 0 aliphatic heterocycles. The fourth-order valence-corrected chi connectivity index (χ4v) is 5.09. The fourth-order valence-electron chi connectivity index (χ4n) is 4.22. The Morgan fingerprint density at radius 3 is 2.10 bits per heavy atom. The van der Waals surface area contributed by atoms with E-state index >= 15 is 0 Å². The van der Waals surface area contributed by atoms with Gasteiger partial charge < -0.3 is 15.4 Å². The molecule has 0 saturated heterocycles. The van der Waals surface area contributed by atoms with Crippen molar-refractivity contribution >= 4 is 46.5 Å². The smallest absolute Gasteiger partial charge is 0.262 e. The molecule has 0 aromatic heterocycles. The highest BCUT2D eigenvalue weighted by molar-refractivity contribution is 8.00. The van der Waals surface area contributed by atoms with E-state index in [0.29, 0.717) is 28.3 Å². The maximum atomic E-state index is 13.2. The van der Waals surface area contributed by atoms with Crippen molar-refractivity contribution in [1.29, 1.82) is 0 Å². The molecule has 1 aliphatic carbocycles. The average molecular weight is 537 g/mol. The molecule has 194 valence electrons. The van der Waals surface area contributed by atoms with E-state index in [2.05, 4.69) is 10.6 Å². The standard InChI is InChI=1S/C31H24N2O5S/c1-19(39-22-16-14-20(15-17-22)32-27(34)18-38-21-8-3-2-4-9-21)31(37)33-26-13-7-12-25-28(26)30(36)24-11-6-5-10-23(24)29(25)35/h2-17,19H,18H2,1H3,(H,32,34)(H,33,37). The third kappa shape index (κ3) is 5.76. The van der Waals surface area contributed by atoms with Gasteiger partial charge in [-0.25, -0.2) is 0 Å². The number of anilines is 2. The maximum absolute atomic E-state index is 13.2. The summed E-state index contributed by atoms with van der Waals surface area (Å²) in [5, 5.41) is 5.12. The summed E-state index contributed by atoms with van der Waals surface area (Å²) in [7, 11) is 0. The summed E-state index contributed by atoms with van der Waals surface area (Å²) in [6.45, 7) is 1.65. The lowest BCUT2D eigenvalue weighted by Gasteiger charge is -2.21. The number of hydrogen-bond donors (Lipinski definition) is 2. The number of ether oxygens (including phenoxy) is 1. The molecular weight excluding hydrogens is 512 g/mol. The van der Waals surface area contributed by atoms with Crippen molar-refractivity contribution in [3.63, 3.8) is 0 Å². The summed E-state index contributed by atoms with van der Waals surface area (Å²) in [6, 6.07) is 27.8. The Balaban J connectivity index is 1.20. The Hall–Kier alpha value is -4.69. The van der Waals surface area contributed by atoms with Gasteiger partial charge in [-0.15, -0.1) is 11.8 Å². The van der Waals surface area contributed by atoms with Crippen LogP contribution in [0.25, 0.3) is 0 Å². The SMILES string of the molecule is CC(Sc1ccc(NC(=O)COc2ccccc2)cc1)C(=O)Nc1cccc2c1C(=O)c1ccccc1C2=O. The molecule has 2 amide bonds. The molecular formula is C31H24N2O5S. The molecule has 2 N–H and O–H groups in total. The Bertz CT molecular complexity index is 1570. The second kappa shape index (κ2) is 11.4. The second-order valence-corrected chi connectivity index (χ2v) is 10.3. The van der Waals surface area contributed by atoms with E-state index in [1.165, 1.54) is 11.8 Å². The number of para-hydroxylation sites is 1. The Morgan fingerprint density at radius 2 is 1.38 bits per heavy atom. The van der Waals surface area contributed by atoms with E-state index < -0.39 is 5.25 Å². The molecule has 4 aromatic carbocycles. The fraction of sp³-hybridized carbons (Fsp3) is 0.0968. The van der Waals surface area contributed by atoms with Crippen LogP contribution in [0.2, 0.25) is 0 Å². The molecule has 0 saturated carbocycles. The zero-order chi connectivity index (χ0) is 27.4. The number of hydrogen-bond acceptors (Lipinski definition) is 6. The zero-order valence-corrected chi connectivity index (χ0v) is 21.8. The van der Waals surface area contributed by atoms with Gasteiger partial charge in [-0.3, -0.25) is 19.2 Å². The number of carbonyl (C=O) groups excluding carboxylic acids is 4.